The Hall–Kier alpha value is -3.11. The average molecular weight is 332 g/mol. The van der Waals surface area contributed by atoms with Crippen LogP contribution in [-0.4, -0.2) is 17.4 Å². The van der Waals surface area contributed by atoms with Crippen molar-refractivity contribution >= 4 is 28.9 Å². The Labute approximate surface area is 136 Å². The van der Waals surface area contributed by atoms with Crippen molar-refractivity contribution in [3.05, 3.63) is 63.2 Å². The van der Waals surface area contributed by atoms with Gasteiger partial charge in [-0.2, -0.15) is 5.26 Å². The van der Waals surface area contributed by atoms with Gasteiger partial charge in [-0.3, -0.25) is 14.9 Å². The van der Waals surface area contributed by atoms with E-state index in [2.05, 4.69) is 5.32 Å². The number of carbonyl (C=O) groups is 1. The van der Waals surface area contributed by atoms with Crippen LogP contribution in [0.4, 0.5) is 11.4 Å². The number of nitro groups is 1. The predicted molar refractivity (Wildman–Crippen MR) is 83.4 cm³/mol. The quantitative estimate of drug-likeness (QED) is 0.669. The summed E-state index contributed by atoms with van der Waals surface area (Å²) in [5.41, 5.74) is 0.530. The van der Waals surface area contributed by atoms with E-state index in [1.54, 1.807) is 24.3 Å². The van der Waals surface area contributed by atoms with Gasteiger partial charge < -0.3 is 10.1 Å². The van der Waals surface area contributed by atoms with Crippen LogP contribution < -0.4 is 10.1 Å². The summed E-state index contributed by atoms with van der Waals surface area (Å²) in [5, 5.41) is 22.1. The molecule has 0 aliphatic rings. The molecular formula is C15H10ClN3O4. The normalized spacial score (nSPS) is 9.74. The van der Waals surface area contributed by atoms with Crippen LogP contribution in [0.25, 0.3) is 0 Å². The van der Waals surface area contributed by atoms with Gasteiger partial charge in [0.25, 0.3) is 11.6 Å². The molecule has 0 atom stereocenters. The van der Waals surface area contributed by atoms with E-state index in [9.17, 15) is 14.9 Å². The zero-order chi connectivity index (χ0) is 16.8. The molecule has 2 aromatic rings. The number of ether oxygens (including phenoxy) is 1. The molecule has 0 bridgehead atoms. The van der Waals surface area contributed by atoms with Crippen molar-refractivity contribution in [2.24, 2.45) is 0 Å². The molecule has 2 rings (SSSR count). The van der Waals surface area contributed by atoms with E-state index < -0.39 is 10.8 Å². The number of rotatable bonds is 5. The summed E-state index contributed by atoms with van der Waals surface area (Å²) >= 11 is 5.86. The zero-order valence-corrected chi connectivity index (χ0v) is 12.4. The minimum Gasteiger partial charge on any atom is -0.482 e. The predicted octanol–water partition coefficient (Wildman–Crippen LogP) is 3.14. The van der Waals surface area contributed by atoms with Crippen LogP contribution in [0.2, 0.25) is 5.02 Å². The van der Waals surface area contributed by atoms with E-state index in [1.807, 2.05) is 6.07 Å². The van der Waals surface area contributed by atoms with Crippen molar-refractivity contribution in [1.29, 1.82) is 5.26 Å². The fourth-order valence-electron chi connectivity index (χ4n) is 1.74. The van der Waals surface area contributed by atoms with Gasteiger partial charge in [0.2, 0.25) is 0 Å². The molecule has 0 aliphatic heterocycles. The van der Waals surface area contributed by atoms with Crippen molar-refractivity contribution in [2.45, 2.75) is 0 Å². The maximum atomic E-state index is 11.8. The summed E-state index contributed by atoms with van der Waals surface area (Å²) in [7, 11) is 0. The lowest BCUT2D eigenvalue weighted by atomic mass is 10.2. The van der Waals surface area contributed by atoms with Crippen molar-refractivity contribution in [2.75, 3.05) is 11.9 Å². The number of amides is 1. The lowest BCUT2D eigenvalue weighted by Crippen LogP contribution is -2.20. The summed E-state index contributed by atoms with van der Waals surface area (Å²) in [6, 6.07) is 12.2. The van der Waals surface area contributed by atoms with E-state index in [4.69, 9.17) is 21.6 Å². The number of nitro benzene ring substituents is 1. The van der Waals surface area contributed by atoms with Crippen LogP contribution in [0.3, 0.4) is 0 Å². The monoisotopic (exact) mass is 331 g/mol. The highest BCUT2D eigenvalue weighted by atomic mass is 35.5. The first-order valence-corrected chi connectivity index (χ1v) is 6.75. The molecule has 7 nitrogen and oxygen atoms in total. The molecule has 0 radical (unpaired) electrons. The molecule has 0 aromatic heterocycles. The van der Waals surface area contributed by atoms with Crippen LogP contribution in [0.5, 0.6) is 5.75 Å². The summed E-state index contributed by atoms with van der Waals surface area (Å²) in [6.45, 7) is -0.350. The van der Waals surface area contributed by atoms with E-state index in [1.165, 1.54) is 12.1 Å². The van der Waals surface area contributed by atoms with Gasteiger partial charge in [-0.15, -0.1) is 0 Å². The van der Waals surface area contributed by atoms with Crippen LogP contribution in [-0.2, 0) is 4.79 Å². The Morgan fingerprint density at radius 2 is 2.09 bits per heavy atom. The lowest BCUT2D eigenvalue weighted by molar-refractivity contribution is -0.384. The van der Waals surface area contributed by atoms with Gasteiger partial charge in [-0.05, 0) is 18.2 Å². The molecule has 0 unspecified atom stereocenters. The number of hydrogen-bond donors (Lipinski definition) is 1. The Balaban J connectivity index is 2.00. The number of non-ortho nitro benzene ring substituents is 1. The molecule has 0 saturated carbocycles. The molecule has 116 valence electrons. The van der Waals surface area contributed by atoms with Crippen LogP contribution in [0, 0.1) is 21.4 Å². The van der Waals surface area contributed by atoms with Crippen molar-refractivity contribution in [3.8, 4) is 11.8 Å². The molecule has 0 spiro atoms. The van der Waals surface area contributed by atoms with Gasteiger partial charge in [-0.1, -0.05) is 23.7 Å². The third kappa shape index (κ3) is 4.18. The van der Waals surface area contributed by atoms with Crippen LogP contribution in [0.15, 0.2) is 42.5 Å². The van der Waals surface area contributed by atoms with Gasteiger partial charge in [0.15, 0.2) is 6.61 Å². The topological polar surface area (TPSA) is 105 Å². The molecular weight excluding hydrogens is 322 g/mol. The van der Waals surface area contributed by atoms with Gasteiger partial charge in [0.05, 0.1) is 21.2 Å². The number of halogens is 1. The highest BCUT2D eigenvalue weighted by Crippen LogP contribution is 2.28. The van der Waals surface area contributed by atoms with Crippen molar-refractivity contribution < 1.29 is 14.5 Å². The number of carbonyl (C=O) groups excluding carboxylic acids is 1. The molecule has 0 saturated heterocycles. The van der Waals surface area contributed by atoms with Crippen LogP contribution >= 0.6 is 11.6 Å². The zero-order valence-electron chi connectivity index (χ0n) is 11.7. The Morgan fingerprint density at radius 1 is 1.35 bits per heavy atom. The molecule has 1 N–H and O–H groups in total. The minimum absolute atomic E-state index is 0.0319. The Bertz CT molecular complexity index is 802. The lowest BCUT2D eigenvalue weighted by Gasteiger charge is -2.09. The van der Waals surface area contributed by atoms with E-state index >= 15 is 0 Å². The maximum absolute atomic E-state index is 11.8. The average Bonchev–Trinajstić information content (AvgIpc) is 2.54. The highest BCUT2D eigenvalue weighted by Gasteiger charge is 2.12. The smallest absolute Gasteiger partial charge is 0.271 e. The number of hydrogen-bond acceptors (Lipinski definition) is 5. The fraction of sp³-hybridized carbons (Fsp3) is 0.0667. The molecule has 2 aromatic carbocycles. The van der Waals surface area contributed by atoms with Gasteiger partial charge >= 0.3 is 0 Å². The third-order valence-electron chi connectivity index (χ3n) is 2.81. The Morgan fingerprint density at radius 3 is 2.74 bits per heavy atom. The first-order chi connectivity index (χ1) is 11.0. The standard InChI is InChI=1S/C15H10ClN3O4/c16-12-7-11(19(21)22)5-6-14(12)23-9-15(20)18-13-4-2-1-3-10(13)8-17/h1-7H,9H2,(H,18,20). The second kappa shape index (κ2) is 7.24. The minimum atomic E-state index is -0.582. The molecule has 0 aliphatic carbocycles. The van der Waals surface area contributed by atoms with E-state index in [-0.39, 0.29) is 23.1 Å². The third-order valence-corrected chi connectivity index (χ3v) is 3.10. The first-order valence-electron chi connectivity index (χ1n) is 6.37. The Kier molecular flexibility index (Phi) is 5.12. The second-order valence-electron chi connectivity index (χ2n) is 4.37. The summed E-state index contributed by atoms with van der Waals surface area (Å²) < 4.78 is 5.23. The van der Waals surface area contributed by atoms with Crippen molar-refractivity contribution in [3.63, 3.8) is 0 Å². The first kappa shape index (κ1) is 16.3. The van der Waals surface area contributed by atoms with Gasteiger partial charge in [0.1, 0.15) is 11.8 Å². The van der Waals surface area contributed by atoms with Crippen molar-refractivity contribution in [1.82, 2.24) is 0 Å². The second-order valence-corrected chi connectivity index (χ2v) is 4.77. The largest absolute Gasteiger partial charge is 0.482 e. The van der Waals surface area contributed by atoms with Gasteiger partial charge in [0, 0.05) is 12.1 Å². The SMILES string of the molecule is N#Cc1ccccc1NC(=O)COc1ccc([N+](=O)[O-])cc1Cl. The number of benzene rings is 2. The highest BCUT2D eigenvalue weighted by molar-refractivity contribution is 6.32. The molecule has 1 amide bonds. The maximum Gasteiger partial charge on any atom is 0.271 e. The van der Waals surface area contributed by atoms with E-state index in [0.29, 0.717) is 11.3 Å². The summed E-state index contributed by atoms with van der Waals surface area (Å²) in [5.74, 6) is -0.330. The summed E-state index contributed by atoms with van der Waals surface area (Å²) in [6.07, 6.45) is 0. The van der Waals surface area contributed by atoms with Crippen LogP contribution in [0.1, 0.15) is 5.56 Å². The van der Waals surface area contributed by atoms with E-state index in [0.717, 1.165) is 6.07 Å². The number of nitrogens with zero attached hydrogens (tertiary/aromatic N) is 2. The number of nitrogens with one attached hydrogen (secondary N) is 1. The number of para-hydroxylation sites is 1. The molecule has 0 fully saturated rings. The van der Waals surface area contributed by atoms with Gasteiger partial charge in [-0.25, -0.2) is 0 Å². The molecule has 23 heavy (non-hydrogen) atoms. The molecule has 0 heterocycles. The number of nitriles is 1. The number of anilines is 1. The molecule has 8 heteroatoms. The summed E-state index contributed by atoms with van der Waals surface area (Å²) in [4.78, 5) is 21.9. The fourth-order valence-corrected chi connectivity index (χ4v) is 1.97.